The largest absolute Gasteiger partial charge is 0.352 e. The van der Waals surface area contributed by atoms with E-state index in [0.717, 1.165) is 32.0 Å². The second-order valence-corrected chi connectivity index (χ2v) is 5.79. The van der Waals surface area contributed by atoms with Crippen molar-refractivity contribution >= 4 is 5.91 Å². The molecule has 4 heteroatoms. The Bertz CT molecular complexity index is 260. The molecule has 2 aliphatic rings. The SMILES string of the molecule is CN(CCNCC(=O)NC1CCCCC1)C1CC1. The van der Waals surface area contributed by atoms with Gasteiger partial charge in [0.1, 0.15) is 0 Å². The highest BCUT2D eigenvalue weighted by Crippen LogP contribution is 2.24. The number of rotatable bonds is 7. The molecule has 2 N–H and O–H groups in total. The molecular formula is C14H27N3O. The average molecular weight is 253 g/mol. The molecule has 0 aliphatic heterocycles. The van der Waals surface area contributed by atoms with E-state index in [2.05, 4.69) is 22.6 Å². The van der Waals surface area contributed by atoms with Gasteiger partial charge in [0.2, 0.25) is 5.91 Å². The first kappa shape index (κ1) is 13.8. The number of carbonyl (C=O) groups is 1. The first-order chi connectivity index (χ1) is 8.75. The Kier molecular flexibility index (Phi) is 5.45. The molecule has 0 heterocycles. The lowest BCUT2D eigenvalue weighted by Gasteiger charge is -2.23. The number of nitrogens with zero attached hydrogens (tertiary/aromatic N) is 1. The van der Waals surface area contributed by atoms with Crippen molar-refractivity contribution in [3.05, 3.63) is 0 Å². The van der Waals surface area contributed by atoms with Crippen LogP contribution < -0.4 is 10.6 Å². The van der Waals surface area contributed by atoms with Crippen LogP contribution in [0.4, 0.5) is 0 Å². The van der Waals surface area contributed by atoms with Gasteiger partial charge in [0.15, 0.2) is 0 Å². The molecule has 2 fully saturated rings. The minimum atomic E-state index is 0.163. The Balaban J connectivity index is 1.48. The Morgan fingerprint density at radius 3 is 2.56 bits per heavy atom. The normalized spacial score (nSPS) is 21.2. The summed E-state index contributed by atoms with van der Waals surface area (Å²) in [4.78, 5) is 14.1. The van der Waals surface area contributed by atoms with Crippen molar-refractivity contribution in [2.24, 2.45) is 0 Å². The molecule has 0 atom stereocenters. The standard InChI is InChI=1S/C14H27N3O/c1-17(13-7-8-13)10-9-15-11-14(18)16-12-5-3-2-4-6-12/h12-13,15H,2-11H2,1H3,(H,16,18). The topological polar surface area (TPSA) is 44.4 Å². The summed E-state index contributed by atoms with van der Waals surface area (Å²) in [5.74, 6) is 0.163. The third-order valence-corrected chi connectivity index (χ3v) is 4.07. The molecule has 0 spiro atoms. The van der Waals surface area contributed by atoms with Crippen molar-refractivity contribution in [2.75, 3.05) is 26.7 Å². The molecule has 0 unspecified atom stereocenters. The minimum Gasteiger partial charge on any atom is -0.352 e. The second kappa shape index (κ2) is 7.10. The lowest BCUT2D eigenvalue weighted by molar-refractivity contribution is -0.121. The van der Waals surface area contributed by atoms with Gasteiger partial charge in [-0.2, -0.15) is 0 Å². The maximum absolute atomic E-state index is 11.7. The fourth-order valence-electron chi connectivity index (χ4n) is 2.68. The summed E-state index contributed by atoms with van der Waals surface area (Å²) in [5, 5.41) is 6.36. The predicted octanol–water partition coefficient (Wildman–Crippen LogP) is 1.12. The van der Waals surface area contributed by atoms with Crippen LogP contribution in [0.1, 0.15) is 44.9 Å². The summed E-state index contributed by atoms with van der Waals surface area (Å²) in [6.07, 6.45) is 8.89. The van der Waals surface area contributed by atoms with E-state index in [1.165, 1.54) is 32.1 Å². The van der Waals surface area contributed by atoms with Gasteiger partial charge in [0, 0.05) is 25.2 Å². The Labute approximate surface area is 110 Å². The van der Waals surface area contributed by atoms with Gasteiger partial charge >= 0.3 is 0 Å². The number of amides is 1. The van der Waals surface area contributed by atoms with Crippen LogP contribution in [0.5, 0.6) is 0 Å². The van der Waals surface area contributed by atoms with Gasteiger partial charge in [-0.15, -0.1) is 0 Å². The number of likely N-dealkylation sites (N-methyl/N-ethyl adjacent to an activating group) is 1. The number of nitrogens with one attached hydrogen (secondary N) is 2. The van der Waals surface area contributed by atoms with Crippen LogP contribution in [0.15, 0.2) is 0 Å². The molecule has 2 rings (SSSR count). The van der Waals surface area contributed by atoms with Crippen molar-refractivity contribution in [2.45, 2.75) is 57.0 Å². The van der Waals surface area contributed by atoms with Gasteiger partial charge in [-0.1, -0.05) is 19.3 Å². The van der Waals surface area contributed by atoms with E-state index >= 15 is 0 Å². The van der Waals surface area contributed by atoms with E-state index in [1.54, 1.807) is 0 Å². The highest BCUT2D eigenvalue weighted by Gasteiger charge is 2.25. The Morgan fingerprint density at radius 2 is 1.89 bits per heavy atom. The number of hydrogen-bond acceptors (Lipinski definition) is 3. The van der Waals surface area contributed by atoms with Gasteiger partial charge in [-0.05, 0) is 32.7 Å². The summed E-state index contributed by atoms with van der Waals surface area (Å²) in [6, 6.07) is 1.24. The Hall–Kier alpha value is -0.610. The zero-order chi connectivity index (χ0) is 12.8. The van der Waals surface area contributed by atoms with E-state index in [9.17, 15) is 4.79 Å². The predicted molar refractivity (Wildman–Crippen MR) is 73.5 cm³/mol. The molecule has 1 amide bonds. The highest BCUT2D eigenvalue weighted by atomic mass is 16.1. The van der Waals surface area contributed by atoms with E-state index in [1.807, 2.05) is 0 Å². The summed E-state index contributed by atoms with van der Waals surface area (Å²) in [7, 11) is 2.17. The van der Waals surface area contributed by atoms with Crippen LogP contribution in [0.25, 0.3) is 0 Å². The summed E-state index contributed by atoms with van der Waals surface area (Å²) in [6.45, 7) is 2.42. The third kappa shape index (κ3) is 4.94. The molecule has 0 aromatic rings. The van der Waals surface area contributed by atoms with E-state index in [0.29, 0.717) is 12.6 Å². The second-order valence-electron chi connectivity index (χ2n) is 5.79. The monoisotopic (exact) mass is 253 g/mol. The van der Waals surface area contributed by atoms with Gasteiger partial charge in [0.25, 0.3) is 0 Å². The zero-order valence-electron chi connectivity index (χ0n) is 11.6. The first-order valence-electron chi connectivity index (χ1n) is 7.46. The molecule has 0 radical (unpaired) electrons. The zero-order valence-corrected chi connectivity index (χ0v) is 11.6. The van der Waals surface area contributed by atoms with Crippen LogP contribution >= 0.6 is 0 Å². The van der Waals surface area contributed by atoms with Crippen LogP contribution in [0.2, 0.25) is 0 Å². The average Bonchev–Trinajstić information content (AvgIpc) is 3.20. The smallest absolute Gasteiger partial charge is 0.234 e. The fourth-order valence-corrected chi connectivity index (χ4v) is 2.68. The summed E-state index contributed by atoms with van der Waals surface area (Å²) >= 11 is 0. The molecule has 18 heavy (non-hydrogen) atoms. The van der Waals surface area contributed by atoms with E-state index in [-0.39, 0.29) is 5.91 Å². The molecular weight excluding hydrogens is 226 g/mol. The molecule has 104 valence electrons. The van der Waals surface area contributed by atoms with Crippen molar-refractivity contribution in [1.82, 2.24) is 15.5 Å². The van der Waals surface area contributed by atoms with Crippen molar-refractivity contribution in [3.63, 3.8) is 0 Å². The first-order valence-corrected chi connectivity index (χ1v) is 7.46. The molecule has 4 nitrogen and oxygen atoms in total. The van der Waals surface area contributed by atoms with E-state index in [4.69, 9.17) is 0 Å². The molecule has 0 aromatic carbocycles. The lowest BCUT2D eigenvalue weighted by atomic mass is 9.95. The van der Waals surface area contributed by atoms with Gasteiger partial charge in [-0.25, -0.2) is 0 Å². The van der Waals surface area contributed by atoms with Crippen molar-refractivity contribution in [1.29, 1.82) is 0 Å². The van der Waals surface area contributed by atoms with Crippen molar-refractivity contribution < 1.29 is 4.79 Å². The molecule has 0 saturated heterocycles. The quantitative estimate of drug-likeness (QED) is 0.668. The maximum atomic E-state index is 11.7. The summed E-state index contributed by atoms with van der Waals surface area (Å²) < 4.78 is 0. The Morgan fingerprint density at radius 1 is 1.17 bits per heavy atom. The highest BCUT2D eigenvalue weighted by molar-refractivity contribution is 5.78. The van der Waals surface area contributed by atoms with Crippen LogP contribution in [-0.2, 0) is 4.79 Å². The minimum absolute atomic E-state index is 0.163. The van der Waals surface area contributed by atoms with Crippen LogP contribution in [0, 0.1) is 0 Å². The number of hydrogen-bond donors (Lipinski definition) is 2. The lowest BCUT2D eigenvalue weighted by Crippen LogP contribution is -2.42. The molecule has 2 aliphatic carbocycles. The molecule has 0 bridgehead atoms. The van der Waals surface area contributed by atoms with Crippen molar-refractivity contribution in [3.8, 4) is 0 Å². The fraction of sp³-hybridized carbons (Fsp3) is 0.929. The maximum Gasteiger partial charge on any atom is 0.234 e. The van der Waals surface area contributed by atoms with Crippen LogP contribution in [0.3, 0.4) is 0 Å². The van der Waals surface area contributed by atoms with Gasteiger partial charge in [0.05, 0.1) is 6.54 Å². The van der Waals surface area contributed by atoms with Gasteiger partial charge < -0.3 is 15.5 Å². The number of carbonyl (C=O) groups excluding carboxylic acids is 1. The molecule has 0 aromatic heterocycles. The third-order valence-electron chi connectivity index (χ3n) is 4.07. The summed E-state index contributed by atoms with van der Waals surface area (Å²) in [5.41, 5.74) is 0. The molecule has 2 saturated carbocycles. The van der Waals surface area contributed by atoms with Gasteiger partial charge in [-0.3, -0.25) is 4.79 Å². The van der Waals surface area contributed by atoms with E-state index < -0.39 is 0 Å². The van der Waals surface area contributed by atoms with Crippen LogP contribution in [-0.4, -0.2) is 49.6 Å².